The highest BCUT2D eigenvalue weighted by Gasteiger charge is 2.55. The number of hydrogen-bond acceptors (Lipinski definition) is 5. The fourth-order valence-corrected chi connectivity index (χ4v) is 4.12. The fraction of sp³-hybridized carbons (Fsp3) is 0.278. The highest BCUT2D eigenvalue weighted by atomic mass is 32.1. The van der Waals surface area contributed by atoms with Crippen molar-refractivity contribution in [3.63, 3.8) is 0 Å². The normalized spacial score (nSPS) is 21.9. The smallest absolute Gasteiger partial charge is 0.325 e. The summed E-state index contributed by atoms with van der Waals surface area (Å²) in [4.78, 5) is 40.5. The average molecular weight is 356 g/mol. The van der Waals surface area contributed by atoms with Crippen LogP contribution in [0.3, 0.4) is 0 Å². The minimum Gasteiger partial charge on any atom is -0.493 e. The van der Waals surface area contributed by atoms with Crippen LogP contribution in [0.5, 0.6) is 5.75 Å². The molecule has 1 aromatic heterocycles. The number of imide groups is 1. The Balaban J connectivity index is 1.64. The van der Waals surface area contributed by atoms with Gasteiger partial charge in [-0.15, -0.1) is 11.3 Å². The van der Waals surface area contributed by atoms with Gasteiger partial charge in [0, 0.05) is 16.9 Å². The molecule has 2 aromatic rings. The van der Waals surface area contributed by atoms with E-state index in [1.54, 1.807) is 24.3 Å². The lowest BCUT2D eigenvalue weighted by molar-refractivity contribution is -0.132. The van der Waals surface area contributed by atoms with Crippen molar-refractivity contribution in [2.24, 2.45) is 0 Å². The molecule has 0 bridgehead atoms. The maximum Gasteiger partial charge on any atom is 0.325 e. The maximum atomic E-state index is 13.1. The number of urea groups is 1. The van der Waals surface area contributed by atoms with E-state index in [1.165, 1.54) is 11.3 Å². The SMILES string of the molecule is Cc1ccc(C(=O)CN2C(=O)N[C@]3(CCOc4ccccc43)C2=O)s1. The van der Waals surface area contributed by atoms with E-state index in [0.29, 0.717) is 29.2 Å². The second kappa shape index (κ2) is 5.70. The lowest BCUT2D eigenvalue weighted by Gasteiger charge is -2.33. The molecule has 3 heterocycles. The van der Waals surface area contributed by atoms with Gasteiger partial charge in [-0.25, -0.2) is 4.79 Å². The summed E-state index contributed by atoms with van der Waals surface area (Å²) in [6.45, 7) is 1.98. The van der Waals surface area contributed by atoms with Crippen LogP contribution < -0.4 is 10.1 Å². The lowest BCUT2D eigenvalue weighted by Crippen LogP contribution is -2.47. The van der Waals surface area contributed by atoms with E-state index in [9.17, 15) is 14.4 Å². The molecule has 0 radical (unpaired) electrons. The average Bonchev–Trinajstić information content (AvgIpc) is 3.13. The number of ether oxygens (including phenoxy) is 1. The van der Waals surface area contributed by atoms with Crippen molar-refractivity contribution >= 4 is 29.1 Å². The third kappa shape index (κ3) is 2.42. The van der Waals surface area contributed by atoms with Gasteiger partial charge >= 0.3 is 6.03 Å². The molecule has 1 aromatic carbocycles. The number of hydrogen-bond donors (Lipinski definition) is 1. The summed E-state index contributed by atoms with van der Waals surface area (Å²) in [5, 5.41) is 2.80. The monoisotopic (exact) mass is 356 g/mol. The predicted octanol–water partition coefficient (Wildman–Crippen LogP) is 2.47. The number of para-hydroxylation sites is 1. The molecule has 1 fully saturated rings. The number of amides is 3. The largest absolute Gasteiger partial charge is 0.493 e. The molecule has 7 heteroatoms. The summed E-state index contributed by atoms with van der Waals surface area (Å²) in [5.74, 6) is -0.0432. The van der Waals surface area contributed by atoms with Gasteiger partial charge in [-0.3, -0.25) is 14.5 Å². The zero-order valence-electron chi connectivity index (χ0n) is 13.6. The number of nitrogens with zero attached hydrogens (tertiary/aromatic N) is 1. The lowest BCUT2D eigenvalue weighted by atomic mass is 9.84. The van der Waals surface area contributed by atoms with E-state index in [2.05, 4.69) is 5.32 Å². The summed E-state index contributed by atoms with van der Waals surface area (Å²) in [6, 6.07) is 10.2. The maximum absolute atomic E-state index is 13.1. The Labute approximate surface area is 148 Å². The highest BCUT2D eigenvalue weighted by Crippen LogP contribution is 2.41. The zero-order valence-corrected chi connectivity index (χ0v) is 14.4. The Kier molecular flexibility index (Phi) is 3.61. The molecule has 128 valence electrons. The number of aryl methyl sites for hydroxylation is 1. The van der Waals surface area contributed by atoms with Crippen LogP contribution >= 0.6 is 11.3 Å². The molecular formula is C18H16N2O4S. The van der Waals surface area contributed by atoms with Crippen molar-refractivity contribution in [3.05, 3.63) is 51.7 Å². The summed E-state index contributed by atoms with van der Waals surface area (Å²) in [7, 11) is 0. The van der Waals surface area contributed by atoms with Gasteiger partial charge in [0.15, 0.2) is 11.3 Å². The number of nitrogens with one attached hydrogen (secondary N) is 1. The first-order valence-electron chi connectivity index (χ1n) is 7.97. The molecule has 0 unspecified atom stereocenters. The number of Topliss-reactive ketones (excluding diaryl/α,β-unsaturated/α-hetero) is 1. The van der Waals surface area contributed by atoms with Crippen LogP contribution in [-0.2, 0) is 10.3 Å². The van der Waals surface area contributed by atoms with Crippen molar-refractivity contribution in [2.45, 2.75) is 18.9 Å². The van der Waals surface area contributed by atoms with Crippen LogP contribution in [0.25, 0.3) is 0 Å². The number of benzene rings is 1. The van der Waals surface area contributed by atoms with Gasteiger partial charge in [0.1, 0.15) is 5.75 Å². The first kappa shape index (κ1) is 15.8. The molecule has 1 saturated heterocycles. The minimum absolute atomic E-state index is 0.237. The quantitative estimate of drug-likeness (QED) is 0.677. The van der Waals surface area contributed by atoms with E-state index in [4.69, 9.17) is 4.74 Å². The minimum atomic E-state index is -1.14. The van der Waals surface area contributed by atoms with Crippen LogP contribution in [0.15, 0.2) is 36.4 Å². The Hall–Kier alpha value is -2.67. The predicted molar refractivity (Wildman–Crippen MR) is 91.9 cm³/mol. The van der Waals surface area contributed by atoms with Crippen molar-refractivity contribution < 1.29 is 19.1 Å². The van der Waals surface area contributed by atoms with Crippen molar-refractivity contribution in [1.29, 1.82) is 0 Å². The summed E-state index contributed by atoms with van der Waals surface area (Å²) in [6.07, 6.45) is 0.345. The standard InChI is InChI=1S/C18H16N2O4S/c1-11-6-7-15(25-11)13(21)10-20-16(22)18(19-17(20)23)8-9-24-14-5-3-2-4-12(14)18/h2-7H,8-10H2,1H3,(H,19,23)/t18-/m0/s1. The molecule has 0 aliphatic carbocycles. The van der Waals surface area contributed by atoms with Gasteiger partial charge in [0.25, 0.3) is 5.91 Å². The Morgan fingerprint density at radius 2 is 2.08 bits per heavy atom. The molecule has 6 nitrogen and oxygen atoms in total. The summed E-state index contributed by atoms with van der Waals surface area (Å²) >= 11 is 1.36. The van der Waals surface area contributed by atoms with E-state index >= 15 is 0 Å². The van der Waals surface area contributed by atoms with Gasteiger partial charge in [-0.1, -0.05) is 18.2 Å². The van der Waals surface area contributed by atoms with Crippen LogP contribution in [0.2, 0.25) is 0 Å². The topological polar surface area (TPSA) is 75.7 Å². The second-order valence-electron chi connectivity index (χ2n) is 6.15. The molecular weight excluding hydrogens is 340 g/mol. The number of fused-ring (bicyclic) bond motifs is 2. The van der Waals surface area contributed by atoms with Crippen molar-refractivity contribution in [1.82, 2.24) is 10.2 Å². The molecule has 1 spiro atoms. The highest BCUT2D eigenvalue weighted by molar-refractivity contribution is 7.14. The van der Waals surface area contributed by atoms with E-state index in [1.807, 2.05) is 19.1 Å². The third-order valence-corrected chi connectivity index (χ3v) is 5.62. The van der Waals surface area contributed by atoms with Gasteiger partial charge < -0.3 is 10.1 Å². The van der Waals surface area contributed by atoms with Crippen LogP contribution in [0.4, 0.5) is 4.79 Å². The van der Waals surface area contributed by atoms with Gasteiger partial charge in [0.2, 0.25) is 0 Å². The molecule has 1 atom stereocenters. The number of thiophene rings is 1. The molecule has 25 heavy (non-hydrogen) atoms. The van der Waals surface area contributed by atoms with Crippen LogP contribution in [0.1, 0.15) is 26.5 Å². The third-order valence-electron chi connectivity index (χ3n) is 4.57. The first-order valence-corrected chi connectivity index (χ1v) is 8.79. The van der Waals surface area contributed by atoms with Gasteiger partial charge in [-0.05, 0) is 25.1 Å². The Morgan fingerprint density at radius 3 is 2.84 bits per heavy atom. The van der Waals surface area contributed by atoms with Gasteiger partial charge in [-0.2, -0.15) is 0 Å². The zero-order chi connectivity index (χ0) is 17.6. The number of carbonyl (C=O) groups is 3. The molecule has 0 saturated carbocycles. The number of carbonyl (C=O) groups excluding carboxylic acids is 3. The van der Waals surface area contributed by atoms with Crippen LogP contribution in [-0.4, -0.2) is 35.8 Å². The van der Waals surface area contributed by atoms with Crippen molar-refractivity contribution in [2.75, 3.05) is 13.2 Å². The van der Waals surface area contributed by atoms with Gasteiger partial charge in [0.05, 0.1) is 18.0 Å². The number of rotatable bonds is 3. The van der Waals surface area contributed by atoms with E-state index in [-0.39, 0.29) is 12.3 Å². The molecule has 3 amide bonds. The summed E-state index contributed by atoms with van der Waals surface area (Å²) in [5.41, 5.74) is -0.501. The molecule has 4 rings (SSSR count). The number of ketones is 1. The second-order valence-corrected chi connectivity index (χ2v) is 7.44. The van der Waals surface area contributed by atoms with Crippen molar-refractivity contribution in [3.8, 4) is 5.75 Å². The molecule has 1 N–H and O–H groups in total. The first-order chi connectivity index (χ1) is 12.0. The Morgan fingerprint density at radius 1 is 1.28 bits per heavy atom. The van der Waals surface area contributed by atoms with E-state index < -0.39 is 17.5 Å². The molecule has 2 aliphatic heterocycles. The fourth-order valence-electron chi connectivity index (χ4n) is 3.32. The Bertz CT molecular complexity index is 891. The molecule has 2 aliphatic rings. The van der Waals surface area contributed by atoms with Crippen LogP contribution in [0, 0.1) is 6.92 Å². The summed E-state index contributed by atoms with van der Waals surface area (Å²) < 4.78 is 5.59. The van der Waals surface area contributed by atoms with E-state index in [0.717, 1.165) is 9.78 Å².